The molecule has 148 valence electrons. The lowest BCUT2D eigenvalue weighted by atomic mass is 10.2. The van der Waals surface area contributed by atoms with Gasteiger partial charge in [0.25, 0.3) is 5.91 Å². The van der Waals surface area contributed by atoms with E-state index in [2.05, 4.69) is 6.92 Å². The summed E-state index contributed by atoms with van der Waals surface area (Å²) in [6.07, 6.45) is 1.61. The number of benzene rings is 2. The minimum atomic E-state index is -0.106. The Balaban J connectivity index is 1.73. The third-order valence-corrected chi connectivity index (χ3v) is 6.28. The molecule has 0 unspecified atom stereocenters. The summed E-state index contributed by atoms with van der Waals surface area (Å²) in [5, 5.41) is 0.628. The Morgan fingerprint density at radius 3 is 2.86 bits per heavy atom. The van der Waals surface area contributed by atoms with Crippen LogP contribution in [-0.4, -0.2) is 23.8 Å². The second-order valence-corrected chi connectivity index (χ2v) is 8.61. The monoisotopic (exact) mass is 424 g/mol. The predicted molar refractivity (Wildman–Crippen MR) is 118 cm³/mol. The molecule has 0 aliphatic carbocycles. The molecular weight excluding hydrogens is 404 g/mol. The van der Waals surface area contributed by atoms with Crippen molar-refractivity contribution in [2.45, 2.75) is 18.4 Å². The summed E-state index contributed by atoms with van der Waals surface area (Å²) in [6, 6.07) is 17.1. The largest absolute Gasteiger partial charge is 0.497 e. The molecule has 0 N–H and O–H groups in total. The van der Waals surface area contributed by atoms with Gasteiger partial charge in [-0.05, 0) is 48.2 Å². The van der Waals surface area contributed by atoms with Crippen molar-refractivity contribution in [2.24, 2.45) is 0 Å². The van der Waals surface area contributed by atoms with Crippen LogP contribution in [0.25, 0.3) is 10.2 Å². The van der Waals surface area contributed by atoms with Crippen molar-refractivity contribution in [1.29, 1.82) is 0 Å². The summed E-state index contributed by atoms with van der Waals surface area (Å²) in [4.78, 5) is 20.9. The second-order valence-electron chi connectivity index (χ2n) is 6.26. The number of ether oxygens (including phenoxy) is 1. The van der Waals surface area contributed by atoms with Crippen LogP contribution in [-0.2, 0) is 6.54 Å². The lowest BCUT2D eigenvalue weighted by molar-refractivity contribution is 0.0983. The van der Waals surface area contributed by atoms with Crippen molar-refractivity contribution in [3.05, 3.63) is 72.2 Å². The van der Waals surface area contributed by atoms with E-state index in [4.69, 9.17) is 14.1 Å². The summed E-state index contributed by atoms with van der Waals surface area (Å²) in [7, 11) is 1.63. The number of hydrogen-bond acceptors (Lipinski definition) is 6. The zero-order valence-corrected chi connectivity index (χ0v) is 17.8. The first-order valence-corrected chi connectivity index (χ1v) is 11.0. The van der Waals surface area contributed by atoms with E-state index in [1.807, 2.05) is 54.6 Å². The molecule has 0 aliphatic heterocycles. The molecule has 0 atom stereocenters. The van der Waals surface area contributed by atoms with Crippen molar-refractivity contribution in [2.75, 3.05) is 17.8 Å². The number of hydrogen-bond donors (Lipinski definition) is 0. The number of amides is 1. The van der Waals surface area contributed by atoms with E-state index < -0.39 is 0 Å². The van der Waals surface area contributed by atoms with Gasteiger partial charge < -0.3 is 9.15 Å². The molecule has 29 heavy (non-hydrogen) atoms. The highest BCUT2D eigenvalue weighted by atomic mass is 32.2. The van der Waals surface area contributed by atoms with E-state index in [0.717, 1.165) is 26.6 Å². The van der Waals surface area contributed by atoms with Crippen LogP contribution in [0.5, 0.6) is 5.75 Å². The zero-order valence-electron chi connectivity index (χ0n) is 16.1. The number of thiazole rings is 1. The van der Waals surface area contributed by atoms with E-state index >= 15 is 0 Å². The van der Waals surface area contributed by atoms with Gasteiger partial charge in [0.15, 0.2) is 5.13 Å². The normalized spacial score (nSPS) is 11.0. The highest BCUT2D eigenvalue weighted by Crippen LogP contribution is 2.33. The minimum absolute atomic E-state index is 0.106. The maximum Gasteiger partial charge on any atom is 0.260 e. The van der Waals surface area contributed by atoms with Gasteiger partial charge in [-0.1, -0.05) is 24.3 Å². The van der Waals surface area contributed by atoms with Crippen molar-refractivity contribution in [3.8, 4) is 5.75 Å². The smallest absolute Gasteiger partial charge is 0.260 e. The van der Waals surface area contributed by atoms with Gasteiger partial charge in [-0.25, -0.2) is 4.98 Å². The Morgan fingerprint density at radius 2 is 2.10 bits per heavy atom. The molecular formula is C22H20N2O3S2. The van der Waals surface area contributed by atoms with Crippen molar-refractivity contribution in [1.82, 2.24) is 4.98 Å². The molecule has 0 saturated carbocycles. The van der Waals surface area contributed by atoms with Crippen molar-refractivity contribution < 1.29 is 13.9 Å². The lowest BCUT2D eigenvalue weighted by Crippen LogP contribution is -2.30. The van der Waals surface area contributed by atoms with Crippen LogP contribution in [0.2, 0.25) is 0 Å². The molecule has 4 rings (SSSR count). The summed E-state index contributed by atoms with van der Waals surface area (Å²) >= 11 is 3.19. The third kappa shape index (κ3) is 4.31. The number of carbonyl (C=O) groups excluding carboxylic acids is 1. The molecule has 4 aromatic rings. The van der Waals surface area contributed by atoms with E-state index in [0.29, 0.717) is 23.0 Å². The molecule has 0 aliphatic rings. The topological polar surface area (TPSA) is 55.6 Å². The highest BCUT2D eigenvalue weighted by molar-refractivity contribution is 7.99. The van der Waals surface area contributed by atoms with Crippen molar-refractivity contribution >= 4 is 44.4 Å². The fourth-order valence-corrected chi connectivity index (χ4v) is 4.63. The van der Waals surface area contributed by atoms with Gasteiger partial charge in [-0.15, -0.1) is 11.8 Å². The lowest BCUT2D eigenvalue weighted by Gasteiger charge is -2.19. The van der Waals surface area contributed by atoms with Gasteiger partial charge in [0, 0.05) is 16.5 Å². The maximum absolute atomic E-state index is 13.4. The molecule has 0 radical (unpaired) electrons. The summed E-state index contributed by atoms with van der Waals surface area (Å²) < 4.78 is 11.8. The number of thioether (sulfide) groups is 1. The molecule has 0 bridgehead atoms. The second kappa shape index (κ2) is 8.71. The molecule has 0 saturated heterocycles. The van der Waals surface area contributed by atoms with Gasteiger partial charge in [-0.2, -0.15) is 0 Å². The highest BCUT2D eigenvalue weighted by Gasteiger charge is 2.23. The Hall–Kier alpha value is -2.77. The zero-order chi connectivity index (χ0) is 20.2. The Kier molecular flexibility index (Phi) is 5.87. The van der Waals surface area contributed by atoms with Gasteiger partial charge in [0.05, 0.1) is 30.1 Å². The number of rotatable bonds is 7. The Morgan fingerprint density at radius 1 is 1.21 bits per heavy atom. The van der Waals surface area contributed by atoms with E-state index in [-0.39, 0.29) is 5.91 Å². The molecule has 7 heteroatoms. The fourth-order valence-electron chi connectivity index (χ4n) is 2.96. The first kappa shape index (κ1) is 19.5. The minimum Gasteiger partial charge on any atom is -0.497 e. The molecule has 1 amide bonds. The van der Waals surface area contributed by atoms with Crippen LogP contribution in [0.1, 0.15) is 23.0 Å². The number of anilines is 1. The summed E-state index contributed by atoms with van der Waals surface area (Å²) in [6.45, 7) is 2.41. The predicted octanol–water partition coefficient (Wildman–Crippen LogP) is 5.86. The number of nitrogens with zero attached hydrogens (tertiary/aromatic N) is 2. The SMILES string of the molecule is CCSc1cccc(C(=O)N(Cc2ccco2)c2nc3cc(OC)ccc3s2)c1. The molecule has 2 aromatic heterocycles. The average Bonchev–Trinajstić information content (AvgIpc) is 3.40. The number of fused-ring (bicyclic) bond motifs is 1. The summed E-state index contributed by atoms with van der Waals surface area (Å²) in [5.41, 5.74) is 1.43. The van der Waals surface area contributed by atoms with Crippen LogP contribution < -0.4 is 9.64 Å². The van der Waals surface area contributed by atoms with E-state index in [9.17, 15) is 4.79 Å². The van der Waals surface area contributed by atoms with Crippen LogP contribution in [0.15, 0.2) is 70.2 Å². The van der Waals surface area contributed by atoms with Crippen LogP contribution in [0, 0.1) is 0 Å². The summed E-state index contributed by atoms with van der Waals surface area (Å²) in [5.74, 6) is 2.29. The van der Waals surface area contributed by atoms with Gasteiger partial charge in [0.2, 0.25) is 0 Å². The molecule has 5 nitrogen and oxygen atoms in total. The first-order chi connectivity index (χ1) is 14.2. The van der Waals surface area contributed by atoms with Gasteiger partial charge in [-0.3, -0.25) is 9.69 Å². The molecule has 2 aromatic carbocycles. The van der Waals surface area contributed by atoms with E-state index in [1.165, 1.54) is 11.3 Å². The third-order valence-electron chi connectivity index (χ3n) is 4.35. The maximum atomic E-state index is 13.4. The van der Waals surface area contributed by atoms with Crippen LogP contribution in [0.3, 0.4) is 0 Å². The number of carbonyl (C=O) groups is 1. The number of aromatic nitrogens is 1. The van der Waals surface area contributed by atoms with Crippen LogP contribution in [0.4, 0.5) is 5.13 Å². The van der Waals surface area contributed by atoms with Gasteiger partial charge in [0.1, 0.15) is 11.5 Å². The first-order valence-electron chi connectivity index (χ1n) is 9.19. The van der Waals surface area contributed by atoms with Crippen LogP contribution >= 0.6 is 23.1 Å². The van der Waals surface area contributed by atoms with Crippen molar-refractivity contribution in [3.63, 3.8) is 0 Å². The molecule has 0 spiro atoms. The molecule has 0 fully saturated rings. The quantitative estimate of drug-likeness (QED) is 0.348. The average molecular weight is 425 g/mol. The molecule has 2 heterocycles. The number of methoxy groups -OCH3 is 1. The van der Waals surface area contributed by atoms with E-state index in [1.54, 1.807) is 30.0 Å². The Bertz CT molecular complexity index is 1120. The standard InChI is InChI=1S/C22H20N2O3S2/c1-3-28-18-8-4-6-15(12-18)21(25)24(14-17-7-5-11-27-17)22-23-19-13-16(26-2)9-10-20(19)29-22/h4-13H,3,14H2,1-2H3. The Labute approximate surface area is 177 Å². The fraction of sp³-hybridized carbons (Fsp3) is 0.182. The van der Waals surface area contributed by atoms with Gasteiger partial charge >= 0.3 is 0 Å². The number of furan rings is 1.